The first kappa shape index (κ1) is 17.4. The number of rotatable bonds is 6. The molecule has 1 atom stereocenters. The fourth-order valence-electron chi connectivity index (χ4n) is 2.63. The Bertz CT molecular complexity index is 775. The predicted octanol–water partition coefficient (Wildman–Crippen LogP) is 4.12. The summed E-state index contributed by atoms with van der Waals surface area (Å²) in [5, 5.41) is 13.6. The Labute approximate surface area is 149 Å². The van der Waals surface area contributed by atoms with Gasteiger partial charge in [0, 0.05) is 35.1 Å². The minimum atomic E-state index is -0.485. The number of ether oxygens (including phenoxy) is 1. The largest absolute Gasteiger partial charge is 0.377 e. The molecule has 0 aliphatic carbocycles. The number of amides is 1. The Morgan fingerprint density at radius 3 is 2.88 bits per heavy atom. The number of nitro benzene ring substituents is 1. The van der Waals surface area contributed by atoms with Gasteiger partial charge in [0.25, 0.3) is 11.6 Å². The molecule has 0 aromatic heterocycles. The first-order chi connectivity index (χ1) is 12.1. The number of nitrogens with one attached hydrogen (secondary N) is 1. The van der Waals surface area contributed by atoms with E-state index >= 15 is 0 Å². The number of carbonyl (C=O) groups excluding carboxylic acids is 1. The van der Waals surface area contributed by atoms with Gasteiger partial charge in [-0.25, -0.2) is 0 Å². The third-order valence-corrected chi connectivity index (χ3v) is 5.10. The van der Waals surface area contributed by atoms with Gasteiger partial charge in [0.15, 0.2) is 0 Å². The quantitative estimate of drug-likeness (QED) is 0.477. The highest BCUT2D eigenvalue weighted by Crippen LogP contribution is 2.27. The molecule has 1 N–H and O–H groups in total. The van der Waals surface area contributed by atoms with Gasteiger partial charge in [-0.3, -0.25) is 14.9 Å². The standard InChI is InChI=1S/C18H18N2O4S/c21-18(19-13-5-3-6-14(11-13)20(22)23)16-8-1-2-9-17(16)25-12-15-7-4-10-24-15/h1-3,5-6,8-9,11,15H,4,7,10,12H2,(H,19,21). The van der Waals surface area contributed by atoms with E-state index in [1.807, 2.05) is 12.1 Å². The van der Waals surface area contributed by atoms with Crippen LogP contribution >= 0.6 is 11.8 Å². The minimum absolute atomic E-state index is 0.0566. The first-order valence-electron chi connectivity index (χ1n) is 8.03. The zero-order valence-corrected chi connectivity index (χ0v) is 14.3. The highest BCUT2D eigenvalue weighted by molar-refractivity contribution is 7.99. The van der Waals surface area contributed by atoms with Crippen molar-refractivity contribution in [1.29, 1.82) is 0 Å². The van der Waals surface area contributed by atoms with Crippen LogP contribution in [0.5, 0.6) is 0 Å². The number of carbonyl (C=O) groups is 1. The molecule has 1 fully saturated rings. The van der Waals surface area contributed by atoms with Crippen molar-refractivity contribution in [1.82, 2.24) is 0 Å². The molecule has 2 aromatic carbocycles. The average molecular weight is 358 g/mol. The molecule has 1 aliphatic rings. The van der Waals surface area contributed by atoms with Crippen LogP contribution in [0.3, 0.4) is 0 Å². The molecule has 0 bridgehead atoms. The summed E-state index contributed by atoms with van der Waals surface area (Å²) in [5.41, 5.74) is 0.897. The lowest BCUT2D eigenvalue weighted by atomic mass is 10.2. The molecule has 7 heteroatoms. The van der Waals surface area contributed by atoms with Gasteiger partial charge >= 0.3 is 0 Å². The third kappa shape index (κ3) is 4.58. The summed E-state index contributed by atoms with van der Waals surface area (Å²) in [6, 6.07) is 13.3. The fraction of sp³-hybridized carbons (Fsp3) is 0.278. The summed E-state index contributed by atoms with van der Waals surface area (Å²) in [4.78, 5) is 23.8. The van der Waals surface area contributed by atoms with Gasteiger partial charge in [-0.1, -0.05) is 18.2 Å². The van der Waals surface area contributed by atoms with E-state index in [2.05, 4.69) is 5.32 Å². The Morgan fingerprint density at radius 2 is 2.12 bits per heavy atom. The number of hydrogen-bond donors (Lipinski definition) is 1. The van der Waals surface area contributed by atoms with Crippen molar-refractivity contribution in [2.24, 2.45) is 0 Å². The van der Waals surface area contributed by atoms with Gasteiger partial charge < -0.3 is 10.1 Å². The zero-order valence-electron chi connectivity index (χ0n) is 13.5. The molecule has 6 nitrogen and oxygen atoms in total. The summed E-state index contributed by atoms with van der Waals surface area (Å²) in [6.45, 7) is 0.806. The van der Waals surface area contributed by atoms with Crippen LogP contribution in [0, 0.1) is 10.1 Å². The summed E-state index contributed by atoms with van der Waals surface area (Å²) in [6.07, 6.45) is 2.37. The molecule has 2 aromatic rings. The Balaban J connectivity index is 1.71. The van der Waals surface area contributed by atoms with Crippen LogP contribution in [0.25, 0.3) is 0 Å². The molecule has 130 valence electrons. The molecule has 0 saturated carbocycles. The highest BCUT2D eigenvalue weighted by Gasteiger charge is 2.18. The van der Waals surface area contributed by atoms with E-state index in [0.29, 0.717) is 11.3 Å². The van der Waals surface area contributed by atoms with E-state index < -0.39 is 4.92 Å². The lowest BCUT2D eigenvalue weighted by molar-refractivity contribution is -0.384. The van der Waals surface area contributed by atoms with Crippen molar-refractivity contribution in [3.8, 4) is 0 Å². The third-order valence-electron chi connectivity index (χ3n) is 3.90. The topological polar surface area (TPSA) is 81.5 Å². The molecule has 1 unspecified atom stereocenters. The van der Waals surface area contributed by atoms with Crippen molar-refractivity contribution in [2.45, 2.75) is 23.8 Å². The molecule has 1 amide bonds. The maximum atomic E-state index is 12.6. The SMILES string of the molecule is O=C(Nc1cccc([N+](=O)[O-])c1)c1ccccc1SCC1CCCO1. The Morgan fingerprint density at radius 1 is 1.28 bits per heavy atom. The van der Waals surface area contributed by atoms with Gasteiger partial charge in [0.2, 0.25) is 0 Å². The maximum Gasteiger partial charge on any atom is 0.271 e. The van der Waals surface area contributed by atoms with Crippen LogP contribution < -0.4 is 5.32 Å². The second-order valence-corrected chi connectivity index (χ2v) is 6.77. The van der Waals surface area contributed by atoms with E-state index in [-0.39, 0.29) is 17.7 Å². The van der Waals surface area contributed by atoms with Crippen LogP contribution in [0.2, 0.25) is 0 Å². The van der Waals surface area contributed by atoms with Gasteiger partial charge in [-0.2, -0.15) is 0 Å². The van der Waals surface area contributed by atoms with Gasteiger partial charge in [-0.15, -0.1) is 11.8 Å². The molecular weight excluding hydrogens is 340 g/mol. The van der Waals surface area contributed by atoms with E-state index in [9.17, 15) is 14.9 Å². The molecule has 25 heavy (non-hydrogen) atoms. The molecule has 3 rings (SSSR count). The summed E-state index contributed by atoms with van der Waals surface area (Å²) in [5.74, 6) is 0.525. The van der Waals surface area contributed by atoms with Crippen molar-refractivity contribution in [3.63, 3.8) is 0 Å². The second kappa shape index (κ2) is 8.13. The molecule has 1 aliphatic heterocycles. The van der Waals surface area contributed by atoms with Crippen LogP contribution in [0.1, 0.15) is 23.2 Å². The average Bonchev–Trinajstić information content (AvgIpc) is 3.14. The first-order valence-corrected chi connectivity index (χ1v) is 9.01. The number of non-ortho nitro benzene ring substituents is 1. The van der Waals surface area contributed by atoms with E-state index in [1.54, 1.807) is 36.0 Å². The van der Waals surface area contributed by atoms with Crippen LogP contribution in [-0.4, -0.2) is 29.3 Å². The van der Waals surface area contributed by atoms with E-state index in [4.69, 9.17) is 4.74 Å². The molecular formula is C18H18N2O4S. The number of nitro groups is 1. The van der Waals surface area contributed by atoms with Crippen molar-refractivity contribution in [2.75, 3.05) is 17.7 Å². The van der Waals surface area contributed by atoms with E-state index in [1.165, 1.54) is 12.1 Å². The van der Waals surface area contributed by atoms with Crippen molar-refractivity contribution in [3.05, 3.63) is 64.2 Å². The molecule has 1 heterocycles. The highest BCUT2D eigenvalue weighted by atomic mass is 32.2. The molecule has 0 spiro atoms. The van der Waals surface area contributed by atoms with E-state index in [0.717, 1.165) is 30.1 Å². The predicted molar refractivity (Wildman–Crippen MR) is 97.2 cm³/mol. The smallest absolute Gasteiger partial charge is 0.271 e. The Kier molecular flexibility index (Phi) is 5.67. The number of thioether (sulfide) groups is 1. The number of anilines is 1. The Hall–Kier alpha value is -2.38. The number of benzene rings is 2. The minimum Gasteiger partial charge on any atom is -0.377 e. The normalized spacial score (nSPS) is 16.6. The van der Waals surface area contributed by atoms with Gasteiger partial charge in [0.05, 0.1) is 16.6 Å². The zero-order chi connectivity index (χ0) is 17.6. The van der Waals surface area contributed by atoms with Gasteiger partial charge in [-0.05, 0) is 31.0 Å². The van der Waals surface area contributed by atoms with Crippen molar-refractivity contribution >= 4 is 29.0 Å². The summed E-state index contributed by atoms with van der Waals surface area (Å²) >= 11 is 1.60. The van der Waals surface area contributed by atoms with Gasteiger partial charge in [0.1, 0.15) is 0 Å². The van der Waals surface area contributed by atoms with Crippen molar-refractivity contribution < 1.29 is 14.5 Å². The monoisotopic (exact) mass is 358 g/mol. The van der Waals surface area contributed by atoms with Crippen LogP contribution in [-0.2, 0) is 4.74 Å². The summed E-state index contributed by atoms with van der Waals surface area (Å²) in [7, 11) is 0. The number of nitrogens with zero attached hydrogens (tertiary/aromatic N) is 1. The maximum absolute atomic E-state index is 12.6. The lowest BCUT2D eigenvalue weighted by Crippen LogP contribution is -2.14. The lowest BCUT2D eigenvalue weighted by Gasteiger charge is -2.12. The van der Waals surface area contributed by atoms with Crippen LogP contribution in [0.4, 0.5) is 11.4 Å². The molecule has 1 saturated heterocycles. The fourth-order valence-corrected chi connectivity index (χ4v) is 3.75. The second-order valence-electron chi connectivity index (χ2n) is 5.70. The van der Waals surface area contributed by atoms with Crippen LogP contribution in [0.15, 0.2) is 53.4 Å². The summed E-state index contributed by atoms with van der Waals surface area (Å²) < 4.78 is 5.62. The molecule has 0 radical (unpaired) electrons. The number of hydrogen-bond acceptors (Lipinski definition) is 5.